The minimum absolute atomic E-state index is 0.0821. The van der Waals surface area contributed by atoms with E-state index in [0.29, 0.717) is 13.2 Å². The second kappa shape index (κ2) is 7.96. The average Bonchev–Trinajstić information content (AvgIpc) is 3.04. The lowest BCUT2D eigenvalue weighted by atomic mass is 9.94. The van der Waals surface area contributed by atoms with Crippen LogP contribution in [-0.2, 0) is 4.74 Å². The van der Waals surface area contributed by atoms with E-state index < -0.39 is 6.10 Å². The van der Waals surface area contributed by atoms with Gasteiger partial charge in [-0.3, -0.25) is 0 Å². The summed E-state index contributed by atoms with van der Waals surface area (Å²) in [6.45, 7) is 3.63. The SMILES string of the molecule is C[C@H](NC(=O)NC[C@@H](O)C1CCOCC1)c1csc2ccccc12. The third-order valence-corrected chi connectivity index (χ3v) is 5.59. The maximum atomic E-state index is 12.1. The smallest absolute Gasteiger partial charge is 0.315 e. The summed E-state index contributed by atoms with van der Waals surface area (Å²) in [5.41, 5.74) is 1.12. The van der Waals surface area contributed by atoms with E-state index in [2.05, 4.69) is 28.1 Å². The number of aliphatic hydroxyl groups excluding tert-OH is 1. The van der Waals surface area contributed by atoms with Gasteiger partial charge in [0.15, 0.2) is 0 Å². The van der Waals surface area contributed by atoms with Gasteiger partial charge in [0.2, 0.25) is 0 Å². The molecule has 2 atom stereocenters. The molecule has 2 aromatic rings. The third kappa shape index (κ3) is 4.06. The Hall–Kier alpha value is -1.63. The number of urea groups is 1. The van der Waals surface area contributed by atoms with Crippen LogP contribution >= 0.6 is 11.3 Å². The summed E-state index contributed by atoms with van der Waals surface area (Å²) in [7, 11) is 0. The third-order valence-electron chi connectivity index (χ3n) is 4.61. The van der Waals surface area contributed by atoms with Crippen LogP contribution in [-0.4, -0.2) is 37.0 Å². The Bertz CT molecular complexity index is 682. The minimum Gasteiger partial charge on any atom is -0.391 e. The van der Waals surface area contributed by atoms with E-state index >= 15 is 0 Å². The number of benzene rings is 1. The van der Waals surface area contributed by atoms with Crippen LogP contribution in [0, 0.1) is 5.92 Å². The first-order valence-electron chi connectivity index (χ1n) is 8.41. The number of aliphatic hydroxyl groups is 1. The van der Waals surface area contributed by atoms with Crippen LogP contribution in [0.1, 0.15) is 31.4 Å². The van der Waals surface area contributed by atoms with Gasteiger partial charge in [-0.25, -0.2) is 4.79 Å². The first kappa shape index (κ1) is 17.2. The lowest BCUT2D eigenvalue weighted by Gasteiger charge is -2.27. The Labute approximate surface area is 146 Å². The highest BCUT2D eigenvalue weighted by Gasteiger charge is 2.22. The molecule has 1 aromatic heterocycles. The standard InChI is InChI=1S/C18H24N2O3S/c1-12(15-11-24-17-5-3-2-4-14(15)17)20-18(22)19-10-16(21)13-6-8-23-9-7-13/h2-5,11-13,16,21H,6-10H2,1H3,(H2,19,20,22)/t12-,16+/m0/s1. The van der Waals surface area contributed by atoms with Crippen molar-refractivity contribution >= 4 is 27.5 Å². The Morgan fingerprint density at radius 3 is 2.92 bits per heavy atom. The molecular weight excluding hydrogens is 324 g/mol. The van der Waals surface area contributed by atoms with Crippen molar-refractivity contribution in [1.29, 1.82) is 0 Å². The van der Waals surface area contributed by atoms with E-state index in [-0.39, 0.29) is 24.5 Å². The van der Waals surface area contributed by atoms with Crippen molar-refractivity contribution < 1.29 is 14.6 Å². The quantitative estimate of drug-likeness (QED) is 0.778. The predicted octanol–water partition coefficient (Wildman–Crippen LogP) is 3.05. The molecule has 0 saturated carbocycles. The summed E-state index contributed by atoms with van der Waals surface area (Å²) in [6.07, 6.45) is 1.18. The van der Waals surface area contributed by atoms with Crippen molar-refractivity contribution in [1.82, 2.24) is 10.6 Å². The molecule has 6 heteroatoms. The highest BCUT2D eigenvalue weighted by atomic mass is 32.1. The van der Waals surface area contributed by atoms with Crippen molar-refractivity contribution in [3.63, 3.8) is 0 Å². The highest BCUT2D eigenvalue weighted by Crippen LogP contribution is 2.29. The van der Waals surface area contributed by atoms with E-state index in [1.807, 2.05) is 19.1 Å². The molecule has 2 amide bonds. The number of amides is 2. The Morgan fingerprint density at radius 1 is 1.38 bits per heavy atom. The molecule has 1 fully saturated rings. The Morgan fingerprint density at radius 2 is 2.12 bits per heavy atom. The van der Waals surface area contributed by atoms with E-state index in [4.69, 9.17) is 4.74 Å². The molecule has 2 heterocycles. The maximum absolute atomic E-state index is 12.1. The number of carbonyl (C=O) groups excluding carboxylic acids is 1. The largest absolute Gasteiger partial charge is 0.391 e. The summed E-state index contributed by atoms with van der Waals surface area (Å²) in [4.78, 5) is 12.1. The molecular formula is C18H24N2O3S. The van der Waals surface area contributed by atoms with Crippen LogP contribution < -0.4 is 10.6 Å². The molecule has 3 N–H and O–H groups in total. The first-order valence-corrected chi connectivity index (χ1v) is 9.29. The van der Waals surface area contributed by atoms with E-state index in [0.717, 1.165) is 18.4 Å². The summed E-state index contributed by atoms with van der Waals surface area (Å²) in [5.74, 6) is 0.206. The van der Waals surface area contributed by atoms with Gasteiger partial charge in [0.05, 0.1) is 12.1 Å². The summed E-state index contributed by atoms with van der Waals surface area (Å²) >= 11 is 1.68. The topological polar surface area (TPSA) is 70.6 Å². The molecule has 0 bridgehead atoms. The highest BCUT2D eigenvalue weighted by molar-refractivity contribution is 7.17. The van der Waals surface area contributed by atoms with Crippen molar-refractivity contribution in [3.8, 4) is 0 Å². The van der Waals surface area contributed by atoms with Gasteiger partial charge in [-0.15, -0.1) is 11.3 Å². The van der Waals surface area contributed by atoms with Crippen LogP contribution in [0.2, 0.25) is 0 Å². The zero-order valence-corrected chi connectivity index (χ0v) is 14.6. The Kier molecular flexibility index (Phi) is 5.71. The number of hydrogen-bond acceptors (Lipinski definition) is 4. The number of nitrogens with one attached hydrogen (secondary N) is 2. The van der Waals surface area contributed by atoms with Gasteiger partial charge in [0, 0.05) is 24.5 Å². The normalized spacial score (nSPS) is 18.2. The predicted molar refractivity (Wildman–Crippen MR) is 96.3 cm³/mol. The Balaban J connectivity index is 1.51. The fourth-order valence-electron chi connectivity index (χ4n) is 3.12. The van der Waals surface area contributed by atoms with Gasteiger partial charge in [-0.05, 0) is 48.1 Å². The molecule has 0 unspecified atom stereocenters. The van der Waals surface area contributed by atoms with Crippen LogP contribution in [0.4, 0.5) is 4.79 Å². The fraction of sp³-hybridized carbons (Fsp3) is 0.500. The second-order valence-corrected chi connectivity index (χ2v) is 7.19. The van der Waals surface area contributed by atoms with Crippen molar-refractivity contribution in [2.75, 3.05) is 19.8 Å². The van der Waals surface area contributed by atoms with Gasteiger partial charge >= 0.3 is 6.03 Å². The molecule has 0 spiro atoms. The van der Waals surface area contributed by atoms with Gasteiger partial charge in [-0.1, -0.05) is 18.2 Å². The van der Waals surface area contributed by atoms with E-state index in [1.54, 1.807) is 11.3 Å². The summed E-state index contributed by atoms with van der Waals surface area (Å²) in [5, 5.41) is 19.2. The van der Waals surface area contributed by atoms with Crippen LogP contribution in [0.3, 0.4) is 0 Å². The number of ether oxygens (including phenoxy) is 1. The molecule has 1 aromatic carbocycles. The molecule has 0 aliphatic carbocycles. The van der Waals surface area contributed by atoms with Gasteiger partial charge in [-0.2, -0.15) is 0 Å². The molecule has 0 radical (unpaired) electrons. The zero-order chi connectivity index (χ0) is 16.9. The number of hydrogen-bond donors (Lipinski definition) is 3. The minimum atomic E-state index is -0.517. The van der Waals surface area contributed by atoms with Crippen LogP contribution in [0.5, 0.6) is 0 Å². The number of rotatable bonds is 5. The van der Waals surface area contributed by atoms with E-state index in [1.165, 1.54) is 10.1 Å². The zero-order valence-electron chi connectivity index (χ0n) is 13.8. The maximum Gasteiger partial charge on any atom is 0.315 e. The number of carbonyl (C=O) groups is 1. The summed E-state index contributed by atoms with van der Waals surface area (Å²) in [6, 6.07) is 7.86. The first-order chi connectivity index (χ1) is 11.6. The lowest BCUT2D eigenvalue weighted by molar-refractivity contribution is 0.00949. The second-order valence-electron chi connectivity index (χ2n) is 6.28. The average molecular weight is 348 g/mol. The number of fused-ring (bicyclic) bond motifs is 1. The molecule has 3 rings (SSSR count). The monoisotopic (exact) mass is 348 g/mol. The van der Waals surface area contributed by atoms with Gasteiger partial charge < -0.3 is 20.5 Å². The summed E-state index contributed by atoms with van der Waals surface area (Å²) < 4.78 is 6.51. The van der Waals surface area contributed by atoms with Gasteiger partial charge in [0.25, 0.3) is 0 Å². The lowest BCUT2D eigenvalue weighted by Crippen LogP contribution is -2.43. The van der Waals surface area contributed by atoms with Crippen LogP contribution in [0.25, 0.3) is 10.1 Å². The molecule has 1 saturated heterocycles. The molecule has 24 heavy (non-hydrogen) atoms. The van der Waals surface area contributed by atoms with Crippen molar-refractivity contribution in [2.24, 2.45) is 5.92 Å². The number of thiophene rings is 1. The molecule has 1 aliphatic rings. The van der Waals surface area contributed by atoms with Crippen LogP contribution in [0.15, 0.2) is 29.6 Å². The van der Waals surface area contributed by atoms with Crippen molar-refractivity contribution in [2.45, 2.75) is 31.9 Å². The van der Waals surface area contributed by atoms with Gasteiger partial charge in [0.1, 0.15) is 0 Å². The van der Waals surface area contributed by atoms with E-state index in [9.17, 15) is 9.90 Å². The fourth-order valence-corrected chi connectivity index (χ4v) is 4.18. The molecule has 130 valence electrons. The molecule has 1 aliphatic heterocycles. The molecule has 5 nitrogen and oxygen atoms in total. The van der Waals surface area contributed by atoms with Crippen molar-refractivity contribution in [3.05, 3.63) is 35.2 Å².